The van der Waals surface area contributed by atoms with E-state index in [1.54, 1.807) is 78.9 Å². The molecular weight excluding hydrogens is 864 g/mol. The SMILES string of the molecule is CN(C(=O)c1ccc2c(c1)OCO2)[C@H](CCNC(=O)c1ccccn1)Cc1ccccc1.CN[C@H](CCNC(=O)c1ccccn1)Cc1ccccc1.Cl.O=C(O)c1ccc2c(c1)OCO2. The Balaban J connectivity index is 0.000000205. The van der Waals surface area contributed by atoms with Gasteiger partial charge in [-0.05, 0) is 105 Å². The van der Waals surface area contributed by atoms with Crippen LogP contribution in [0.1, 0.15) is 65.7 Å². The van der Waals surface area contributed by atoms with Crippen LogP contribution in [0.2, 0.25) is 0 Å². The third-order valence-electron chi connectivity index (χ3n) is 10.5. The number of carboxylic acids is 1. The van der Waals surface area contributed by atoms with Crippen molar-refractivity contribution < 1.29 is 43.2 Å². The summed E-state index contributed by atoms with van der Waals surface area (Å²) in [5.74, 6) is 0.885. The maximum atomic E-state index is 13.2. The van der Waals surface area contributed by atoms with Crippen LogP contribution in [0.4, 0.5) is 0 Å². The molecule has 2 aliphatic rings. The number of carboxylic acid groups (broad SMARTS) is 1. The van der Waals surface area contributed by atoms with Crippen LogP contribution in [-0.4, -0.2) is 96.5 Å². The van der Waals surface area contributed by atoms with Crippen LogP contribution in [0.15, 0.2) is 146 Å². The van der Waals surface area contributed by atoms with Gasteiger partial charge in [0.05, 0.1) is 5.56 Å². The van der Waals surface area contributed by atoms with Gasteiger partial charge in [0.25, 0.3) is 17.7 Å². The minimum Gasteiger partial charge on any atom is -0.478 e. The highest BCUT2D eigenvalue weighted by Gasteiger charge is 2.24. The Morgan fingerprint density at radius 3 is 1.58 bits per heavy atom. The number of hydrogen-bond donors (Lipinski definition) is 4. The quantitative estimate of drug-likeness (QED) is 0.0789. The first-order chi connectivity index (χ1) is 31.7. The number of pyridine rings is 2. The van der Waals surface area contributed by atoms with Crippen LogP contribution in [-0.2, 0) is 12.8 Å². The van der Waals surface area contributed by atoms with E-state index < -0.39 is 5.97 Å². The average molecular weight is 917 g/mol. The average Bonchev–Trinajstić information content (AvgIpc) is 4.04. The molecule has 6 aromatic rings. The molecule has 0 saturated carbocycles. The summed E-state index contributed by atoms with van der Waals surface area (Å²) in [4.78, 5) is 57.8. The van der Waals surface area contributed by atoms with Gasteiger partial charge in [-0.1, -0.05) is 72.8 Å². The van der Waals surface area contributed by atoms with Gasteiger partial charge in [-0.2, -0.15) is 0 Å². The van der Waals surface area contributed by atoms with Gasteiger partial charge < -0.3 is 44.9 Å². The standard InChI is InChI=1S/C25H25N3O4.C17H21N3O.C8H6O4.ClH/c1-28(25(30)19-10-11-22-23(16-19)32-17-31-22)20(15-18-7-3-2-4-8-18)12-14-27-24(29)21-9-5-6-13-26-21;1-18-15(13-14-7-3-2-4-8-14)10-12-20-17(21)16-9-5-6-11-19-16;9-8(10)5-1-2-6-7(3-5)12-4-11-6;/h2-11,13,16,20H,12,14-15,17H2,1H3,(H,27,29);2-9,11,15,18H,10,12-13H2,1H3,(H,20,21);1-3H,4H2,(H,9,10);1H/t20-;15-;;/m11../s1. The Kier molecular flexibility index (Phi) is 19.3. The lowest BCUT2D eigenvalue weighted by Gasteiger charge is -2.29. The molecule has 344 valence electrons. The number of halogens is 1. The third kappa shape index (κ3) is 14.8. The number of carbonyl (C=O) groups is 4. The highest BCUT2D eigenvalue weighted by molar-refractivity contribution is 5.95. The molecule has 15 nitrogen and oxygen atoms in total. The van der Waals surface area contributed by atoms with Crippen molar-refractivity contribution in [2.75, 3.05) is 40.8 Å². The van der Waals surface area contributed by atoms with Gasteiger partial charge in [0, 0.05) is 50.2 Å². The van der Waals surface area contributed by atoms with Crippen LogP contribution in [0.3, 0.4) is 0 Å². The Bertz CT molecular complexity index is 2470. The second kappa shape index (κ2) is 25.7. The largest absolute Gasteiger partial charge is 0.478 e. The zero-order chi connectivity index (χ0) is 45.8. The summed E-state index contributed by atoms with van der Waals surface area (Å²) in [6.07, 6.45) is 6.32. The van der Waals surface area contributed by atoms with Crippen molar-refractivity contribution in [2.24, 2.45) is 0 Å². The molecule has 0 radical (unpaired) electrons. The number of aromatic carboxylic acids is 1. The topological polar surface area (TPSA) is 191 Å². The van der Waals surface area contributed by atoms with Crippen LogP contribution in [0.25, 0.3) is 0 Å². The minimum absolute atomic E-state index is 0. The molecule has 2 aliphatic heterocycles. The molecule has 2 aromatic heterocycles. The first-order valence-corrected chi connectivity index (χ1v) is 21.1. The van der Waals surface area contributed by atoms with Crippen molar-refractivity contribution in [1.29, 1.82) is 0 Å². The normalized spacial score (nSPS) is 12.3. The number of carbonyl (C=O) groups excluding carboxylic acids is 3. The van der Waals surface area contributed by atoms with Gasteiger partial charge in [-0.15, -0.1) is 12.4 Å². The van der Waals surface area contributed by atoms with Gasteiger partial charge in [-0.25, -0.2) is 4.79 Å². The number of fused-ring (bicyclic) bond motifs is 2. The number of aromatic nitrogens is 2. The van der Waals surface area contributed by atoms with E-state index in [1.165, 1.54) is 17.7 Å². The first kappa shape index (κ1) is 49.5. The summed E-state index contributed by atoms with van der Waals surface area (Å²) in [7, 11) is 3.75. The smallest absolute Gasteiger partial charge is 0.335 e. The number of nitrogens with zero attached hydrogens (tertiary/aromatic N) is 3. The molecule has 0 aliphatic carbocycles. The Morgan fingerprint density at radius 1 is 0.606 bits per heavy atom. The highest BCUT2D eigenvalue weighted by atomic mass is 35.5. The van der Waals surface area contributed by atoms with Crippen molar-refractivity contribution in [2.45, 2.75) is 37.8 Å². The monoisotopic (exact) mass is 916 g/mol. The zero-order valence-corrected chi connectivity index (χ0v) is 37.4. The molecule has 0 fully saturated rings. The molecule has 0 saturated heterocycles. The first-order valence-electron chi connectivity index (χ1n) is 21.1. The zero-order valence-electron chi connectivity index (χ0n) is 36.6. The summed E-state index contributed by atoms with van der Waals surface area (Å²) in [5, 5.41) is 17.7. The molecule has 66 heavy (non-hydrogen) atoms. The lowest BCUT2D eigenvalue weighted by molar-refractivity contribution is 0.0692. The van der Waals surface area contributed by atoms with Crippen molar-refractivity contribution in [1.82, 2.24) is 30.8 Å². The Hall–Kier alpha value is -7.49. The molecule has 0 unspecified atom stereocenters. The predicted octanol–water partition coefficient (Wildman–Crippen LogP) is 6.88. The van der Waals surface area contributed by atoms with E-state index in [4.69, 9.17) is 24.1 Å². The summed E-state index contributed by atoms with van der Waals surface area (Å²) in [6.45, 7) is 1.38. The Labute approximate surface area is 389 Å². The number of hydrogen-bond acceptors (Lipinski definition) is 11. The summed E-state index contributed by atoms with van der Waals surface area (Å²) in [6, 6.07) is 40.9. The molecule has 3 amide bonds. The molecule has 4 aromatic carbocycles. The van der Waals surface area contributed by atoms with E-state index in [1.807, 2.05) is 61.6 Å². The maximum Gasteiger partial charge on any atom is 0.335 e. The van der Waals surface area contributed by atoms with Gasteiger partial charge in [0.2, 0.25) is 13.6 Å². The van der Waals surface area contributed by atoms with Gasteiger partial charge in [-0.3, -0.25) is 24.4 Å². The maximum absolute atomic E-state index is 13.2. The lowest BCUT2D eigenvalue weighted by Crippen LogP contribution is -2.41. The molecule has 0 spiro atoms. The highest BCUT2D eigenvalue weighted by Crippen LogP contribution is 2.33. The molecular formula is C50H53ClN6O9. The fourth-order valence-electron chi connectivity index (χ4n) is 6.88. The summed E-state index contributed by atoms with van der Waals surface area (Å²) >= 11 is 0. The number of nitrogens with one attached hydrogen (secondary N) is 3. The second-order valence-electron chi connectivity index (χ2n) is 14.9. The summed E-state index contributed by atoms with van der Waals surface area (Å²) in [5.41, 5.74) is 4.00. The van der Waals surface area contributed by atoms with Crippen LogP contribution in [0, 0.1) is 0 Å². The minimum atomic E-state index is -0.965. The third-order valence-corrected chi connectivity index (χ3v) is 10.5. The number of amides is 3. The molecule has 4 N–H and O–H groups in total. The lowest BCUT2D eigenvalue weighted by atomic mass is 10.0. The molecule has 0 bridgehead atoms. The van der Waals surface area contributed by atoms with E-state index >= 15 is 0 Å². The number of benzene rings is 4. The van der Waals surface area contributed by atoms with E-state index in [0.717, 1.165) is 18.4 Å². The van der Waals surface area contributed by atoms with Crippen LogP contribution >= 0.6 is 12.4 Å². The van der Waals surface area contributed by atoms with Crippen LogP contribution in [0.5, 0.6) is 23.0 Å². The van der Waals surface area contributed by atoms with E-state index in [-0.39, 0.29) is 55.3 Å². The molecule has 16 heteroatoms. The number of ether oxygens (including phenoxy) is 4. The van der Waals surface area contributed by atoms with Gasteiger partial charge in [0.1, 0.15) is 11.4 Å². The van der Waals surface area contributed by atoms with Crippen LogP contribution < -0.4 is 34.9 Å². The van der Waals surface area contributed by atoms with Crippen molar-refractivity contribution in [3.63, 3.8) is 0 Å². The van der Waals surface area contributed by atoms with Crippen molar-refractivity contribution in [3.05, 3.63) is 179 Å². The van der Waals surface area contributed by atoms with Gasteiger partial charge >= 0.3 is 5.97 Å². The molecule has 8 rings (SSSR count). The number of rotatable bonds is 16. The molecule has 2 atom stereocenters. The fraction of sp³-hybridized carbons (Fsp3) is 0.240. The van der Waals surface area contributed by atoms with Crippen molar-refractivity contribution in [3.8, 4) is 23.0 Å². The molecule has 4 heterocycles. The van der Waals surface area contributed by atoms with E-state index in [2.05, 4.69) is 38.1 Å². The second-order valence-corrected chi connectivity index (χ2v) is 14.9. The van der Waals surface area contributed by atoms with E-state index in [9.17, 15) is 19.2 Å². The van der Waals surface area contributed by atoms with Gasteiger partial charge in [0.15, 0.2) is 23.0 Å². The van der Waals surface area contributed by atoms with E-state index in [0.29, 0.717) is 71.9 Å². The summed E-state index contributed by atoms with van der Waals surface area (Å²) < 4.78 is 20.8. The number of likely N-dealkylation sites (N-methyl/N-ethyl adjacent to an activating group) is 2. The van der Waals surface area contributed by atoms with Crippen molar-refractivity contribution >= 4 is 36.1 Å². The fourth-order valence-corrected chi connectivity index (χ4v) is 6.88. The predicted molar refractivity (Wildman–Crippen MR) is 251 cm³/mol. The Morgan fingerprint density at radius 2 is 1.08 bits per heavy atom.